The van der Waals surface area contributed by atoms with Crippen LogP contribution in [0.3, 0.4) is 0 Å². The van der Waals surface area contributed by atoms with Crippen LogP contribution in [0.5, 0.6) is 11.5 Å². The monoisotopic (exact) mass is 390 g/mol. The molecule has 27 heavy (non-hydrogen) atoms. The molecule has 7 nitrogen and oxygen atoms in total. The molecule has 0 fully saturated rings. The molecule has 0 spiro atoms. The third-order valence-electron chi connectivity index (χ3n) is 3.79. The van der Waals surface area contributed by atoms with Gasteiger partial charge in [-0.1, -0.05) is 18.2 Å². The molecule has 0 saturated carbocycles. The van der Waals surface area contributed by atoms with Gasteiger partial charge in [0.15, 0.2) is 0 Å². The third kappa shape index (κ3) is 5.82. The fourth-order valence-electron chi connectivity index (χ4n) is 2.38. The van der Waals surface area contributed by atoms with Crippen molar-refractivity contribution in [1.29, 1.82) is 0 Å². The van der Waals surface area contributed by atoms with Crippen LogP contribution in [0.15, 0.2) is 59.5 Å². The molecule has 0 heterocycles. The van der Waals surface area contributed by atoms with Crippen molar-refractivity contribution in [2.24, 2.45) is 0 Å². The van der Waals surface area contributed by atoms with E-state index in [9.17, 15) is 18.0 Å². The number of sulfonamides is 1. The van der Waals surface area contributed by atoms with Crippen LogP contribution in [0, 0.1) is 0 Å². The third-order valence-corrected chi connectivity index (χ3v) is 5.18. The Morgan fingerprint density at radius 3 is 2.04 bits per heavy atom. The smallest absolute Gasteiger partial charge is 0.264 e. The highest BCUT2D eigenvalue weighted by Crippen LogP contribution is 2.22. The minimum Gasteiger partial charge on any atom is -0.457 e. The normalized spacial score (nSPS) is 10.9. The molecule has 2 rings (SSSR count). The second-order valence-electron chi connectivity index (χ2n) is 5.66. The van der Waals surface area contributed by atoms with Gasteiger partial charge in [0.1, 0.15) is 17.9 Å². The largest absolute Gasteiger partial charge is 0.457 e. The lowest BCUT2D eigenvalue weighted by atomic mass is 10.3. The molecule has 0 atom stereocenters. The SMILES string of the molecule is CCN(CC)C(=O)CC(=O)NS(=O)(=O)c1ccc(Oc2ccccc2)cc1. The number of ether oxygens (including phenoxy) is 1. The zero-order valence-electron chi connectivity index (χ0n) is 15.2. The first-order chi connectivity index (χ1) is 12.9. The predicted molar refractivity (Wildman–Crippen MR) is 101 cm³/mol. The maximum absolute atomic E-state index is 12.3. The highest BCUT2D eigenvalue weighted by Gasteiger charge is 2.21. The summed E-state index contributed by atoms with van der Waals surface area (Å²) in [6.45, 7) is 4.49. The van der Waals surface area contributed by atoms with E-state index in [1.807, 2.05) is 22.9 Å². The van der Waals surface area contributed by atoms with Gasteiger partial charge in [-0.05, 0) is 50.2 Å². The molecule has 8 heteroatoms. The lowest BCUT2D eigenvalue weighted by Crippen LogP contribution is -2.37. The average molecular weight is 390 g/mol. The van der Waals surface area contributed by atoms with E-state index in [-0.39, 0.29) is 4.90 Å². The van der Waals surface area contributed by atoms with E-state index in [1.54, 1.807) is 26.0 Å². The van der Waals surface area contributed by atoms with Gasteiger partial charge in [0, 0.05) is 13.1 Å². The molecular formula is C19H22N2O5S. The minimum absolute atomic E-state index is 0.0912. The number of para-hydroxylation sites is 1. The fraction of sp³-hybridized carbons (Fsp3) is 0.263. The summed E-state index contributed by atoms with van der Waals surface area (Å²) < 4.78 is 32.1. The molecule has 144 valence electrons. The van der Waals surface area contributed by atoms with Crippen molar-refractivity contribution in [1.82, 2.24) is 9.62 Å². The lowest BCUT2D eigenvalue weighted by molar-refractivity contribution is -0.135. The van der Waals surface area contributed by atoms with Gasteiger partial charge >= 0.3 is 0 Å². The number of hydrogen-bond donors (Lipinski definition) is 1. The van der Waals surface area contributed by atoms with E-state index < -0.39 is 28.3 Å². The first-order valence-corrected chi connectivity index (χ1v) is 10.0. The molecule has 0 aliphatic carbocycles. The Balaban J connectivity index is 2.01. The number of carbonyl (C=O) groups excluding carboxylic acids is 2. The standard InChI is InChI=1S/C19H22N2O5S/c1-3-21(4-2)19(23)14-18(22)20-27(24,25)17-12-10-16(11-13-17)26-15-8-6-5-7-9-15/h5-13H,3-4,14H2,1-2H3,(H,20,22). The van der Waals surface area contributed by atoms with Crippen LogP contribution in [-0.4, -0.2) is 38.2 Å². The van der Waals surface area contributed by atoms with Crippen molar-refractivity contribution in [3.63, 3.8) is 0 Å². The Morgan fingerprint density at radius 2 is 1.48 bits per heavy atom. The summed E-state index contributed by atoms with van der Waals surface area (Å²) >= 11 is 0. The Bertz CT molecular complexity index is 876. The number of nitrogens with zero attached hydrogens (tertiary/aromatic N) is 1. The van der Waals surface area contributed by atoms with E-state index in [2.05, 4.69) is 0 Å². The van der Waals surface area contributed by atoms with Crippen LogP contribution in [0.2, 0.25) is 0 Å². The van der Waals surface area contributed by atoms with Gasteiger partial charge < -0.3 is 9.64 Å². The Labute approximate surface area is 159 Å². The Morgan fingerprint density at radius 1 is 0.926 bits per heavy atom. The predicted octanol–water partition coefficient (Wildman–Crippen LogP) is 2.54. The summed E-state index contributed by atoms with van der Waals surface area (Å²) in [5.74, 6) is -0.199. The fourth-order valence-corrected chi connectivity index (χ4v) is 3.37. The van der Waals surface area contributed by atoms with Crippen molar-refractivity contribution >= 4 is 21.8 Å². The van der Waals surface area contributed by atoms with Crippen LogP contribution in [-0.2, 0) is 19.6 Å². The van der Waals surface area contributed by atoms with Gasteiger partial charge in [-0.3, -0.25) is 9.59 Å². The molecule has 1 N–H and O–H groups in total. The average Bonchev–Trinajstić information content (AvgIpc) is 2.63. The number of benzene rings is 2. The maximum atomic E-state index is 12.3. The molecule has 0 bridgehead atoms. The first-order valence-electron chi connectivity index (χ1n) is 8.52. The van der Waals surface area contributed by atoms with Crippen molar-refractivity contribution in [2.45, 2.75) is 25.2 Å². The second-order valence-corrected chi connectivity index (χ2v) is 7.34. The highest BCUT2D eigenvalue weighted by atomic mass is 32.2. The number of nitrogens with one attached hydrogen (secondary N) is 1. The van der Waals surface area contributed by atoms with Crippen molar-refractivity contribution in [3.8, 4) is 11.5 Å². The minimum atomic E-state index is -4.06. The topological polar surface area (TPSA) is 92.8 Å². The molecule has 0 aromatic heterocycles. The van der Waals surface area contributed by atoms with Gasteiger partial charge in [0.05, 0.1) is 4.90 Å². The van der Waals surface area contributed by atoms with E-state index in [4.69, 9.17) is 4.74 Å². The van der Waals surface area contributed by atoms with Crippen LogP contribution in [0.25, 0.3) is 0 Å². The van der Waals surface area contributed by atoms with E-state index in [0.29, 0.717) is 24.6 Å². The first kappa shape index (κ1) is 20.4. The highest BCUT2D eigenvalue weighted by molar-refractivity contribution is 7.90. The van der Waals surface area contributed by atoms with Crippen molar-refractivity contribution in [3.05, 3.63) is 54.6 Å². The summed E-state index contributed by atoms with van der Waals surface area (Å²) in [5.41, 5.74) is 0. The summed E-state index contributed by atoms with van der Waals surface area (Å²) in [6.07, 6.45) is -0.518. The molecule has 2 aromatic rings. The van der Waals surface area contributed by atoms with Crippen molar-refractivity contribution in [2.75, 3.05) is 13.1 Å². The van der Waals surface area contributed by atoms with Gasteiger partial charge in [-0.2, -0.15) is 0 Å². The molecule has 2 aromatic carbocycles. The van der Waals surface area contributed by atoms with E-state index in [0.717, 1.165) is 0 Å². The number of rotatable bonds is 8. The van der Waals surface area contributed by atoms with Crippen LogP contribution in [0.1, 0.15) is 20.3 Å². The van der Waals surface area contributed by atoms with Crippen LogP contribution < -0.4 is 9.46 Å². The molecule has 0 radical (unpaired) electrons. The maximum Gasteiger partial charge on any atom is 0.264 e. The van der Waals surface area contributed by atoms with Gasteiger partial charge in [0.25, 0.3) is 10.0 Å². The zero-order valence-corrected chi connectivity index (χ0v) is 16.0. The Kier molecular flexibility index (Phi) is 6.95. The van der Waals surface area contributed by atoms with Crippen molar-refractivity contribution < 1.29 is 22.7 Å². The number of amides is 2. The summed E-state index contributed by atoms with van der Waals surface area (Å²) in [7, 11) is -4.06. The molecule has 0 aliphatic heterocycles. The molecule has 0 aliphatic rings. The molecular weight excluding hydrogens is 368 g/mol. The quantitative estimate of drug-likeness (QED) is 0.699. The lowest BCUT2D eigenvalue weighted by Gasteiger charge is -2.18. The summed E-state index contributed by atoms with van der Waals surface area (Å²) in [5, 5.41) is 0. The molecule has 0 saturated heterocycles. The van der Waals surface area contributed by atoms with E-state index >= 15 is 0 Å². The van der Waals surface area contributed by atoms with Gasteiger partial charge in [0.2, 0.25) is 11.8 Å². The summed E-state index contributed by atoms with van der Waals surface area (Å²) in [4.78, 5) is 25.2. The molecule has 2 amide bonds. The number of carbonyl (C=O) groups is 2. The van der Waals surface area contributed by atoms with Crippen LogP contribution >= 0.6 is 0 Å². The van der Waals surface area contributed by atoms with Gasteiger partial charge in [-0.15, -0.1) is 0 Å². The van der Waals surface area contributed by atoms with Crippen LogP contribution in [0.4, 0.5) is 0 Å². The van der Waals surface area contributed by atoms with Gasteiger partial charge in [-0.25, -0.2) is 13.1 Å². The second kappa shape index (κ2) is 9.18. The summed E-state index contributed by atoms with van der Waals surface area (Å²) in [6, 6.07) is 14.7. The zero-order chi connectivity index (χ0) is 19.9. The number of hydrogen-bond acceptors (Lipinski definition) is 5. The Hall–Kier alpha value is -2.87. The van der Waals surface area contributed by atoms with E-state index in [1.165, 1.54) is 29.2 Å². The molecule has 0 unspecified atom stereocenters.